The minimum atomic E-state index is -0.0641. The van der Waals surface area contributed by atoms with Crippen LogP contribution in [0.4, 0.5) is 0 Å². The van der Waals surface area contributed by atoms with Crippen LogP contribution in [0.1, 0.15) is 29.6 Å². The van der Waals surface area contributed by atoms with Crippen molar-refractivity contribution in [3.63, 3.8) is 0 Å². The van der Waals surface area contributed by atoms with Crippen molar-refractivity contribution in [2.24, 2.45) is 0 Å². The molecule has 0 saturated heterocycles. The molecule has 0 radical (unpaired) electrons. The molecule has 4 nitrogen and oxygen atoms in total. The van der Waals surface area contributed by atoms with Crippen LogP contribution in [0.3, 0.4) is 0 Å². The molecule has 0 aliphatic carbocycles. The second kappa shape index (κ2) is 7.93. The van der Waals surface area contributed by atoms with E-state index < -0.39 is 0 Å². The predicted molar refractivity (Wildman–Crippen MR) is 72.3 cm³/mol. The first-order chi connectivity index (χ1) is 8.70. The number of nitrogens with zero attached hydrogens (tertiary/aromatic N) is 2. The highest BCUT2D eigenvalue weighted by molar-refractivity contribution is 6.17. The van der Waals surface area contributed by atoms with E-state index in [1.807, 2.05) is 0 Å². The largest absolute Gasteiger partial charge is 0.480 e. The molecule has 5 heteroatoms. The molecule has 1 amide bonds. The molecular formula is C13H19ClN2O2. The first-order valence-electron chi connectivity index (χ1n) is 6.01. The SMILES string of the molecule is COc1ncccc1C(=O)N(C)CCCCCCl. The molecule has 0 fully saturated rings. The van der Waals surface area contributed by atoms with Gasteiger partial charge in [-0.25, -0.2) is 4.98 Å². The van der Waals surface area contributed by atoms with Gasteiger partial charge in [0.1, 0.15) is 5.56 Å². The molecule has 0 aromatic carbocycles. The maximum Gasteiger partial charge on any atom is 0.259 e. The van der Waals surface area contributed by atoms with Gasteiger partial charge in [-0.15, -0.1) is 11.6 Å². The molecule has 1 heterocycles. The number of unbranched alkanes of at least 4 members (excludes halogenated alkanes) is 2. The van der Waals surface area contributed by atoms with Crippen LogP contribution in [0, 0.1) is 0 Å². The number of carbonyl (C=O) groups excluding carboxylic acids is 1. The quantitative estimate of drug-likeness (QED) is 0.565. The third-order valence-electron chi connectivity index (χ3n) is 2.67. The number of alkyl halides is 1. The normalized spacial score (nSPS) is 10.2. The monoisotopic (exact) mass is 270 g/mol. The van der Waals surface area contributed by atoms with Gasteiger partial charge in [-0.3, -0.25) is 4.79 Å². The molecule has 1 rings (SSSR count). The topological polar surface area (TPSA) is 42.4 Å². The average Bonchev–Trinajstić information content (AvgIpc) is 2.42. The van der Waals surface area contributed by atoms with E-state index in [9.17, 15) is 4.79 Å². The molecule has 0 unspecified atom stereocenters. The second-order valence-electron chi connectivity index (χ2n) is 4.04. The van der Waals surface area contributed by atoms with Crippen LogP contribution in [-0.4, -0.2) is 42.4 Å². The van der Waals surface area contributed by atoms with Crippen molar-refractivity contribution >= 4 is 17.5 Å². The summed E-state index contributed by atoms with van der Waals surface area (Å²) in [4.78, 5) is 17.9. The molecule has 100 valence electrons. The summed E-state index contributed by atoms with van der Waals surface area (Å²) in [6, 6.07) is 3.46. The van der Waals surface area contributed by atoms with E-state index in [1.54, 1.807) is 30.3 Å². The van der Waals surface area contributed by atoms with Crippen molar-refractivity contribution in [1.29, 1.82) is 0 Å². The molecular weight excluding hydrogens is 252 g/mol. The number of carbonyl (C=O) groups is 1. The molecule has 0 saturated carbocycles. The number of ether oxygens (including phenoxy) is 1. The van der Waals surface area contributed by atoms with Gasteiger partial charge in [-0.2, -0.15) is 0 Å². The maximum absolute atomic E-state index is 12.2. The van der Waals surface area contributed by atoms with E-state index in [0.29, 0.717) is 23.9 Å². The standard InChI is InChI=1S/C13H19ClN2O2/c1-16(10-5-3-4-8-14)13(17)11-7-6-9-15-12(11)18-2/h6-7,9H,3-5,8,10H2,1-2H3. The highest BCUT2D eigenvalue weighted by Gasteiger charge is 2.16. The van der Waals surface area contributed by atoms with Crippen molar-refractivity contribution in [2.75, 3.05) is 26.6 Å². The van der Waals surface area contributed by atoms with Crippen molar-refractivity contribution in [3.05, 3.63) is 23.9 Å². The fourth-order valence-electron chi connectivity index (χ4n) is 1.64. The Labute approximate surface area is 113 Å². The smallest absolute Gasteiger partial charge is 0.259 e. The van der Waals surface area contributed by atoms with Crippen LogP contribution < -0.4 is 4.74 Å². The van der Waals surface area contributed by atoms with E-state index >= 15 is 0 Å². The van der Waals surface area contributed by atoms with Gasteiger partial charge in [-0.05, 0) is 25.0 Å². The van der Waals surface area contributed by atoms with E-state index in [2.05, 4.69) is 4.98 Å². The lowest BCUT2D eigenvalue weighted by atomic mass is 10.2. The van der Waals surface area contributed by atoms with Crippen LogP contribution in [-0.2, 0) is 0 Å². The first kappa shape index (κ1) is 14.8. The van der Waals surface area contributed by atoms with Gasteiger partial charge < -0.3 is 9.64 Å². The number of rotatable bonds is 7. The van der Waals surface area contributed by atoms with Crippen molar-refractivity contribution in [2.45, 2.75) is 19.3 Å². The Morgan fingerprint density at radius 3 is 2.89 bits per heavy atom. The highest BCUT2D eigenvalue weighted by atomic mass is 35.5. The second-order valence-corrected chi connectivity index (χ2v) is 4.41. The Morgan fingerprint density at radius 2 is 2.22 bits per heavy atom. The number of hydrogen-bond donors (Lipinski definition) is 0. The lowest BCUT2D eigenvalue weighted by Gasteiger charge is -2.17. The lowest BCUT2D eigenvalue weighted by Crippen LogP contribution is -2.28. The zero-order valence-electron chi connectivity index (χ0n) is 10.9. The molecule has 1 aromatic rings. The van der Waals surface area contributed by atoms with Gasteiger partial charge in [0.25, 0.3) is 5.91 Å². The van der Waals surface area contributed by atoms with E-state index in [4.69, 9.17) is 16.3 Å². The Hall–Kier alpha value is -1.29. The van der Waals surface area contributed by atoms with Crippen LogP contribution in [0.5, 0.6) is 5.88 Å². The lowest BCUT2D eigenvalue weighted by molar-refractivity contribution is 0.0788. The van der Waals surface area contributed by atoms with Crippen LogP contribution >= 0.6 is 11.6 Å². The van der Waals surface area contributed by atoms with E-state index in [0.717, 1.165) is 19.3 Å². The number of amides is 1. The van der Waals surface area contributed by atoms with Gasteiger partial charge in [0.2, 0.25) is 5.88 Å². The molecule has 0 spiro atoms. The Kier molecular flexibility index (Phi) is 6.50. The fraction of sp³-hybridized carbons (Fsp3) is 0.538. The minimum absolute atomic E-state index is 0.0641. The van der Waals surface area contributed by atoms with Gasteiger partial charge in [0.05, 0.1) is 7.11 Å². The first-order valence-corrected chi connectivity index (χ1v) is 6.54. The number of halogens is 1. The van der Waals surface area contributed by atoms with Crippen LogP contribution in [0.25, 0.3) is 0 Å². The zero-order valence-corrected chi connectivity index (χ0v) is 11.6. The number of methoxy groups -OCH3 is 1. The van der Waals surface area contributed by atoms with Crippen LogP contribution in [0.2, 0.25) is 0 Å². The summed E-state index contributed by atoms with van der Waals surface area (Å²) in [5.74, 6) is 0.981. The third kappa shape index (κ3) is 4.18. The van der Waals surface area contributed by atoms with E-state index in [1.165, 1.54) is 7.11 Å². The number of aromatic nitrogens is 1. The molecule has 0 aliphatic heterocycles. The summed E-state index contributed by atoms with van der Waals surface area (Å²) in [6.07, 6.45) is 4.58. The van der Waals surface area contributed by atoms with E-state index in [-0.39, 0.29) is 5.91 Å². The minimum Gasteiger partial charge on any atom is -0.480 e. The van der Waals surface area contributed by atoms with Crippen molar-refractivity contribution in [1.82, 2.24) is 9.88 Å². The van der Waals surface area contributed by atoms with Gasteiger partial charge >= 0.3 is 0 Å². The third-order valence-corrected chi connectivity index (χ3v) is 2.94. The Balaban J connectivity index is 2.57. The highest BCUT2D eigenvalue weighted by Crippen LogP contribution is 2.15. The van der Waals surface area contributed by atoms with Crippen LogP contribution in [0.15, 0.2) is 18.3 Å². The molecule has 0 bridgehead atoms. The summed E-state index contributed by atoms with van der Waals surface area (Å²) in [7, 11) is 3.30. The number of hydrogen-bond acceptors (Lipinski definition) is 3. The Morgan fingerprint density at radius 1 is 1.44 bits per heavy atom. The van der Waals surface area contributed by atoms with Gasteiger partial charge in [0.15, 0.2) is 0 Å². The Bertz CT molecular complexity index is 385. The average molecular weight is 271 g/mol. The summed E-state index contributed by atoms with van der Waals surface area (Å²) in [5.41, 5.74) is 0.500. The summed E-state index contributed by atoms with van der Waals surface area (Å²) in [5, 5.41) is 0. The summed E-state index contributed by atoms with van der Waals surface area (Å²) >= 11 is 5.61. The molecule has 1 aromatic heterocycles. The van der Waals surface area contributed by atoms with Crippen molar-refractivity contribution < 1.29 is 9.53 Å². The molecule has 0 atom stereocenters. The number of pyridine rings is 1. The zero-order chi connectivity index (χ0) is 13.4. The predicted octanol–water partition coefficient (Wildman–Crippen LogP) is 2.57. The molecule has 18 heavy (non-hydrogen) atoms. The summed E-state index contributed by atoms with van der Waals surface area (Å²) in [6.45, 7) is 0.716. The van der Waals surface area contributed by atoms with Crippen molar-refractivity contribution in [3.8, 4) is 5.88 Å². The van der Waals surface area contributed by atoms with Gasteiger partial charge in [-0.1, -0.05) is 6.42 Å². The molecule has 0 aliphatic rings. The maximum atomic E-state index is 12.2. The fourth-order valence-corrected chi connectivity index (χ4v) is 1.83. The summed E-state index contributed by atoms with van der Waals surface area (Å²) < 4.78 is 5.08. The molecule has 0 N–H and O–H groups in total. The van der Waals surface area contributed by atoms with Gasteiger partial charge in [0, 0.05) is 25.7 Å².